The molecule has 0 aliphatic rings. The van der Waals surface area contributed by atoms with Gasteiger partial charge in [0.2, 0.25) is 0 Å². The molecule has 1 amide bonds. The Labute approximate surface area is 162 Å². The van der Waals surface area contributed by atoms with Crippen LogP contribution in [0.15, 0.2) is 42.5 Å². The number of ether oxygens (including phenoxy) is 1. The largest absolute Gasteiger partial charge is 0.481 e. The van der Waals surface area contributed by atoms with Gasteiger partial charge < -0.3 is 10.1 Å². The van der Waals surface area contributed by atoms with E-state index in [1.807, 2.05) is 25.1 Å². The van der Waals surface area contributed by atoms with E-state index in [4.69, 9.17) is 33.8 Å². The van der Waals surface area contributed by atoms with Crippen molar-refractivity contribution in [1.29, 1.82) is 5.26 Å². The number of anilines is 1. The zero-order valence-corrected chi connectivity index (χ0v) is 15.7. The molecule has 0 heterocycles. The smallest absolute Gasteiger partial charge is 0.279 e. The first-order valence-corrected chi connectivity index (χ1v) is 8.47. The number of rotatable bonds is 4. The first-order valence-electron chi connectivity index (χ1n) is 7.69. The molecule has 0 saturated heterocycles. The number of amides is 1. The maximum Gasteiger partial charge on any atom is 0.279 e. The molecule has 2 aromatic carbocycles. The van der Waals surface area contributed by atoms with Crippen LogP contribution in [-0.2, 0) is 4.79 Å². The quantitative estimate of drug-likeness (QED) is 0.550. The van der Waals surface area contributed by atoms with E-state index in [-0.39, 0.29) is 5.11 Å². The topological polar surface area (TPSA) is 86.2 Å². The van der Waals surface area contributed by atoms with Gasteiger partial charge in [0.15, 0.2) is 11.2 Å². The Morgan fingerprint density at radius 2 is 1.92 bits per heavy atom. The van der Waals surface area contributed by atoms with Crippen molar-refractivity contribution in [3.05, 3.63) is 58.6 Å². The van der Waals surface area contributed by atoms with Crippen molar-refractivity contribution in [3.63, 3.8) is 0 Å². The first-order chi connectivity index (χ1) is 12.4. The summed E-state index contributed by atoms with van der Waals surface area (Å²) in [6, 6.07) is 13.9. The number of benzene rings is 2. The molecule has 0 fully saturated rings. The van der Waals surface area contributed by atoms with E-state index in [9.17, 15) is 4.79 Å². The molecule has 0 spiro atoms. The van der Waals surface area contributed by atoms with E-state index in [1.54, 1.807) is 37.3 Å². The third kappa shape index (κ3) is 5.62. The number of nitrogens with zero attached hydrogens (tertiary/aromatic N) is 1. The van der Waals surface area contributed by atoms with Crippen molar-refractivity contribution in [2.75, 3.05) is 5.32 Å². The molecule has 0 aromatic heterocycles. The lowest BCUT2D eigenvalue weighted by Gasteiger charge is -2.16. The van der Waals surface area contributed by atoms with Crippen LogP contribution in [0.1, 0.15) is 18.1 Å². The SMILES string of the molecule is Cc1ccc(NC(=S)NNC(=O)[C@H](C)Oc2ccc(C#N)cc2)cc1Cl. The summed E-state index contributed by atoms with van der Waals surface area (Å²) in [4.78, 5) is 12.1. The average Bonchev–Trinajstić information content (AvgIpc) is 2.63. The highest BCUT2D eigenvalue weighted by atomic mass is 35.5. The molecule has 0 bridgehead atoms. The van der Waals surface area contributed by atoms with Gasteiger partial charge in [0, 0.05) is 10.7 Å². The van der Waals surface area contributed by atoms with E-state index in [0.717, 1.165) is 5.56 Å². The van der Waals surface area contributed by atoms with Crippen molar-refractivity contribution in [3.8, 4) is 11.8 Å². The van der Waals surface area contributed by atoms with Crippen molar-refractivity contribution < 1.29 is 9.53 Å². The Bertz CT molecular complexity index is 849. The predicted molar refractivity (Wildman–Crippen MR) is 105 cm³/mol. The van der Waals surface area contributed by atoms with E-state index < -0.39 is 12.0 Å². The summed E-state index contributed by atoms with van der Waals surface area (Å²) in [5, 5.41) is 12.5. The highest BCUT2D eigenvalue weighted by molar-refractivity contribution is 7.80. The minimum atomic E-state index is -0.757. The van der Waals surface area contributed by atoms with Crippen LogP contribution in [-0.4, -0.2) is 17.1 Å². The van der Waals surface area contributed by atoms with Crippen LogP contribution in [0.5, 0.6) is 5.75 Å². The molecule has 26 heavy (non-hydrogen) atoms. The second-order valence-electron chi connectivity index (χ2n) is 5.43. The molecule has 2 rings (SSSR count). The number of carbonyl (C=O) groups excluding carboxylic acids is 1. The second-order valence-corrected chi connectivity index (χ2v) is 6.24. The molecule has 3 N–H and O–H groups in total. The lowest BCUT2D eigenvalue weighted by Crippen LogP contribution is -2.48. The minimum absolute atomic E-state index is 0.212. The molecule has 0 saturated carbocycles. The molecule has 0 aliphatic carbocycles. The molecular formula is C18H17ClN4O2S. The van der Waals surface area contributed by atoms with E-state index in [2.05, 4.69) is 16.2 Å². The molecule has 6 nitrogen and oxygen atoms in total. The summed E-state index contributed by atoms with van der Waals surface area (Å²) >= 11 is 11.2. The summed E-state index contributed by atoms with van der Waals surface area (Å²) in [7, 11) is 0. The van der Waals surface area contributed by atoms with E-state index in [0.29, 0.717) is 22.0 Å². The summed E-state index contributed by atoms with van der Waals surface area (Å²) in [6.07, 6.45) is -0.757. The molecule has 1 atom stereocenters. The fourth-order valence-electron chi connectivity index (χ4n) is 1.92. The number of thiocarbonyl (C=S) groups is 1. The van der Waals surface area contributed by atoms with Gasteiger partial charge in [-0.25, -0.2) is 0 Å². The van der Waals surface area contributed by atoms with Crippen molar-refractivity contribution in [2.45, 2.75) is 20.0 Å². The number of aryl methyl sites for hydroxylation is 1. The first kappa shape index (κ1) is 19.5. The van der Waals surface area contributed by atoms with Crippen molar-refractivity contribution in [1.82, 2.24) is 10.9 Å². The molecule has 0 aliphatic heterocycles. The summed E-state index contributed by atoms with van der Waals surface area (Å²) in [5.41, 5.74) is 7.25. The normalized spacial score (nSPS) is 11.0. The van der Waals surface area contributed by atoms with Crippen LogP contribution in [0.3, 0.4) is 0 Å². The molecule has 0 unspecified atom stereocenters. The Morgan fingerprint density at radius 1 is 1.23 bits per heavy atom. The maximum absolute atomic E-state index is 12.1. The lowest BCUT2D eigenvalue weighted by atomic mass is 10.2. The summed E-state index contributed by atoms with van der Waals surface area (Å²) in [5.74, 6) is 0.0853. The Kier molecular flexibility index (Phi) is 6.78. The summed E-state index contributed by atoms with van der Waals surface area (Å²) < 4.78 is 5.51. The lowest BCUT2D eigenvalue weighted by molar-refractivity contribution is -0.127. The van der Waals surface area contributed by atoms with Crippen LogP contribution in [0.4, 0.5) is 5.69 Å². The number of nitriles is 1. The van der Waals surface area contributed by atoms with Gasteiger partial charge in [0.05, 0.1) is 11.6 Å². The number of hydrogen-bond acceptors (Lipinski definition) is 4. The van der Waals surface area contributed by atoms with Gasteiger partial charge in [-0.05, 0) is 68.0 Å². The van der Waals surface area contributed by atoms with Crippen LogP contribution in [0.25, 0.3) is 0 Å². The Balaban J connectivity index is 1.81. The van der Waals surface area contributed by atoms with E-state index >= 15 is 0 Å². The van der Waals surface area contributed by atoms with Crippen LogP contribution in [0.2, 0.25) is 5.02 Å². The molecule has 134 valence electrons. The average molecular weight is 389 g/mol. The third-order valence-corrected chi connectivity index (χ3v) is 4.01. The fourth-order valence-corrected chi connectivity index (χ4v) is 2.27. The number of carbonyl (C=O) groups is 1. The molecule has 0 radical (unpaired) electrons. The zero-order chi connectivity index (χ0) is 19.1. The van der Waals surface area contributed by atoms with Gasteiger partial charge >= 0.3 is 0 Å². The van der Waals surface area contributed by atoms with Gasteiger partial charge in [0.25, 0.3) is 5.91 Å². The number of nitrogens with one attached hydrogen (secondary N) is 3. The Morgan fingerprint density at radius 3 is 2.54 bits per heavy atom. The monoisotopic (exact) mass is 388 g/mol. The fraction of sp³-hybridized carbons (Fsp3) is 0.167. The highest BCUT2D eigenvalue weighted by Gasteiger charge is 2.14. The molecular weight excluding hydrogens is 372 g/mol. The van der Waals surface area contributed by atoms with Crippen LogP contribution >= 0.6 is 23.8 Å². The Hall–Kier alpha value is -2.82. The van der Waals surface area contributed by atoms with Gasteiger partial charge in [0.1, 0.15) is 5.75 Å². The van der Waals surface area contributed by atoms with Gasteiger partial charge in [-0.1, -0.05) is 17.7 Å². The molecule has 8 heteroatoms. The van der Waals surface area contributed by atoms with Gasteiger partial charge in [-0.2, -0.15) is 5.26 Å². The predicted octanol–water partition coefficient (Wildman–Crippen LogP) is 3.31. The second kappa shape index (κ2) is 9.04. The van der Waals surface area contributed by atoms with E-state index in [1.165, 1.54) is 0 Å². The van der Waals surface area contributed by atoms with Crippen LogP contribution < -0.4 is 20.9 Å². The zero-order valence-electron chi connectivity index (χ0n) is 14.2. The number of hydrogen-bond donors (Lipinski definition) is 3. The standard InChI is InChI=1S/C18H17ClN4O2S/c1-11-3-6-14(9-16(11)19)21-18(26)23-22-17(24)12(2)25-15-7-4-13(10-20)5-8-15/h3-9,12H,1-2H3,(H,22,24)(H2,21,23,26)/t12-/m0/s1. The van der Waals surface area contributed by atoms with Gasteiger partial charge in [-0.3, -0.25) is 15.6 Å². The molecule has 2 aromatic rings. The van der Waals surface area contributed by atoms with Gasteiger partial charge in [-0.15, -0.1) is 0 Å². The van der Waals surface area contributed by atoms with Crippen molar-refractivity contribution >= 4 is 40.5 Å². The highest BCUT2D eigenvalue weighted by Crippen LogP contribution is 2.19. The van der Waals surface area contributed by atoms with Crippen LogP contribution in [0, 0.1) is 18.3 Å². The minimum Gasteiger partial charge on any atom is -0.481 e. The van der Waals surface area contributed by atoms with Crippen molar-refractivity contribution in [2.24, 2.45) is 0 Å². The maximum atomic E-state index is 12.1. The third-order valence-electron chi connectivity index (χ3n) is 3.39. The number of hydrazine groups is 1. The summed E-state index contributed by atoms with van der Waals surface area (Å²) in [6.45, 7) is 3.50. The number of halogens is 1.